The van der Waals surface area contributed by atoms with E-state index in [9.17, 15) is 5.11 Å². The Morgan fingerprint density at radius 3 is 2.67 bits per heavy atom. The van der Waals surface area contributed by atoms with Crippen LogP contribution in [0.4, 0.5) is 5.95 Å². The molecule has 5 aromatic rings. The van der Waals surface area contributed by atoms with E-state index in [-0.39, 0.29) is 5.95 Å². The van der Waals surface area contributed by atoms with E-state index in [1.54, 1.807) is 41.5 Å². The lowest BCUT2D eigenvalue weighted by Crippen LogP contribution is -2.29. The summed E-state index contributed by atoms with van der Waals surface area (Å²) in [5.41, 5.74) is 10.0. The molecule has 0 fully saturated rings. The second-order valence-corrected chi connectivity index (χ2v) is 8.07. The van der Waals surface area contributed by atoms with Crippen LogP contribution in [0.1, 0.15) is 31.0 Å². The van der Waals surface area contributed by atoms with Gasteiger partial charge >= 0.3 is 0 Å². The molecule has 0 amide bonds. The Labute approximate surface area is 190 Å². The largest absolute Gasteiger partial charge is 0.379 e. The van der Waals surface area contributed by atoms with Gasteiger partial charge in [0.1, 0.15) is 11.2 Å². The molecule has 0 radical (unpaired) electrons. The van der Waals surface area contributed by atoms with E-state index in [0.717, 1.165) is 34.1 Å². The van der Waals surface area contributed by atoms with Gasteiger partial charge in [0.25, 0.3) is 0 Å². The molecule has 166 valence electrons. The van der Waals surface area contributed by atoms with Crippen LogP contribution in [-0.2, 0) is 12.6 Å². The van der Waals surface area contributed by atoms with Crippen molar-refractivity contribution in [1.29, 1.82) is 0 Å². The molecule has 5 heterocycles. The number of rotatable bonds is 6. The molecule has 0 aliphatic carbocycles. The number of hydrogen-bond acceptors (Lipinski definition) is 7. The molecule has 5 rings (SSSR count). The van der Waals surface area contributed by atoms with Crippen molar-refractivity contribution in [3.8, 4) is 22.4 Å². The minimum Gasteiger partial charge on any atom is -0.379 e. The SMILES string of the molecule is CCC[C@@](O)(c1ccncc1)c1cc(-c2c[nH]c3ncc(-c4cnn(C)c4)cc23)nc(N)n1. The molecule has 9 nitrogen and oxygen atoms in total. The number of anilines is 1. The molecule has 4 N–H and O–H groups in total. The highest BCUT2D eigenvalue weighted by Gasteiger charge is 2.33. The van der Waals surface area contributed by atoms with Crippen LogP contribution in [0.3, 0.4) is 0 Å². The van der Waals surface area contributed by atoms with E-state index in [1.807, 2.05) is 38.6 Å². The molecule has 0 bridgehead atoms. The molecule has 5 aromatic heterocycles. The highest BCUT2D eigenvalue weighted by atomic mass is 16.3. The molecule has 0 saturated carbocycles. The van der Waals surface area contributed by atoms with Crippen molar-refractivity contribution in [1.82, 2.24) is 34.7 Å². The van der Waals surface area contributed by atoms with Crippen molar-refractivity contribution in [2.45, 2.75) is 25.4 Å². The van der Waals surface area contributed by atoms with Crippen LogP contribution in [0.25, 0.3) is 33.4 Å². The van der Waals surface area contributed by atoms with Crippen LogP contribution < -0.4 is 5.73 Å². The van der Waals surface area contributed by atoms with Gasteiger partial charge in [0.05, 0.1) is 17.6 Å². The first-order valence-corrected chi connectivity index (χ1v) is 10.7. The van der Waals surface area contributed by atoms with E-state index in [4.69, 9.17) is 5.73 Å². The number of aryl methyl sites for hydroxylation is 1. The summed E-state index contributed by atoms with van der Waals surface area (Å²) in [4.78, 5) is 20.7. The van der Waals surface area contributed by atoms with E-state index in [1.165, 1.54) is 0 Å². The predicted molar refractivity (Wildman–Crippen MR) is 126 cm³/mol. The molecule has 0 aliphatic rings. The molecule has 0 aromatic carbocycles. The van der Waals surface area contributed by atoms with Gasteiger partial charge in [-0.25, -0.2) is 15.0 Å². The van der Waals surface area contributed by atoms with Gasteiger partial charge in [0.2, 0.25) is 5.95 Å². The summed E-state index contributed by atoms with van der Waals surface area (Å²) in [6.07, 6.45) is 12.0. The van der Waals surface area contributed by atoms with Gasteiger partial charge in [-0.1, -0.05) is 13.3 Å². The van der Waals surface area contributed by atoms with Crippen LogP contribution in [0, 0.1) is 0 Å². The topological polar surface area (TPSA) is 131 Å². The third-order valence-electron chi connectivity index (χ3n) is 5.78. The van der Waals surface area contributed by atoms with E-state index < -0.39 is 5.60 Å². The van der Waals surface area contributed by atoms with Gasteiger partial charge in [0.15, 0.2) is 0 Å². The van der Waals surface area contributed by atoms with Crippen LogP contribution in [-0.4, -0.2) is 39.8 Å². The molecular weight excluding hydrogens is 416 g/mol. The molecule has 9 heteroatoms. The number of pyridine rings is 2. The number of fused-ring (bicyclic) bond motifs is 1. The molecule has 0 saturated heterocycles. The number of H-pyrrole nitrogens is 1. The molecule has 0 unspecified atom stereocenters. The smallest absolute Gasteiger partial charge is 0.220 e. The summed E-state index contributed by atoms with van der Waals surface area (Å²) in [7, 11) is 1.88. The standard InChI is InChI=1S/C24H24N8O/c1-3-6-24(33,17-4-7-26-8-5-17)21-10-20(30-23(25)31-21)19-13-28-22-18(19)9-15(11-27-22)16-12-29-32(2)14-16/h4-5,7-14,33H,3,6H2,1-2H3,(H,27,28)(H2,25,30,31)/t24-/m1/s1. The summed E-state index contributed by atoms with van der Waals surface area (Å²) < 4.78 is 1.75. The minimum absolute atomic E-state index is 0.0943. The van der Waals surface area contributed by atoms with Crippen molar-refractivity contribution < 1.29 is 5.11 Å². The van der Waals surface area contributed by atoms with Crippen molar-refractivity contribution in [3.63, 3.8) is 0 Å². The van der Waals surface area contributed by atoms with Gasteiger partial charge in [-0.3, -0.25) is 9.67 Å². The monoisotopic (exact) mass is 440 g/mol. The fourth-order valence-electron chi connectivity index (χ4n) is 4.17. The van der Waals surface area contributed by atoms with Gasteiger partial charge in [-0.15, -0.1) is 0 Å². The maximum Gasteiger partial charge on any atom is 0.220 e. The lowest BCUT2D eigenvalue weighted by Gasteiger charge is -2.28. The highest BCUT2D eigenvalue weighted by molar-refractivity contribution is 5.95. The summed E-state index contributed by atoms with van der Waals surface area (Å²) in [5.74, 6) is 0.0943. The molecule has 0 spiro atoms. The number of aromatic nitrogens is 7. The first-order chi connectivity index (χ1) is 16.0. The fraction of sp³-hybridized carbons (Fsp3) is 0.208. The molecule has 33 heavy (non-hydrogen) atoms. The second kappa shape index (κ2) is 8.10. The average Bonchev–Trinajstić information content (AvgIpc) is 3.45. The zero-order valence-corrected chi connectivity index (χ0v) is 18.4. The summed E-state index contributed by atoms with van der Waals surface area (Å²) >= 11 is 0. The van der Waals surface area contributed by atoms with Crippen LogP contribution in [0.2, 0.25) is 0 Å². The first kappa shape index (κ1) is 20.8. The number of hydrogen-bond donors (Lipinski definition) is 3. The van der Waals surface area contributed by atoms with Crippen LogP contribution >= 0.6 is 0 Å². The Balaban J connectivity index is 1.65. The van der Waals surface area contributed by atoms with Gasteiger partial charge in [-0.2, -0.15) is 5.10 Å². The number of aliphatic hydroxyl groups is 1. The maximum atomic E-state index is 11.7. The molecular formula is C24H24N8O. The van der Waals surface area contributed by atoms with Crippen molar-refractivity contribution in [2.75, 3.05) is 5.73 Å². The lowest BCUT2D eigenvalue weighted by molar-refractivity contribution is 0.0656. The van der Waals surface area contributed by atoms with Crippen molar-refractivity contribution in [3.05, 3.63) is 72.7 Å². The van der Waals surface area contributed by atoms with Crippen LogP contribution in [0.15, 0.2) is 61.4 Å². The Hall–Kier alpha value is -4.11. The molecule has 1 atom stereocenters. The fourth-order valence-corrected chi connectivity index (χ4v) is 4.17. The number of nitrogen functional groups attached to an aromatic ring is 1. The Morgan fingerprint density at radius 1 is 1.12 bits per heavy atom. The third kappa shape index (κ3) is 3.72. The Morgan fingerprint density at radius 2 is 1.94 bits per heavy atom. The van der Waals surface area contributed by atoms with Crippen LogP contribution in [0.5, 0.6) is 0 Å². The number of nitrogens with zero attached hydrogens (tertiary/aromatic N) is 6. The number of nitrogens with one attached hydrogen (secondary N) is 1. The average molecular weight is 441 g/mol. The highest BCUT2D eigenvalue weighted by Crippen LogP contribution is 2.36. The van der Waals surface area contributed by atoms with E-state index >= 15 is 0 Å². The van der Waals surface area contributed by atoms with E-state index in [0.29, 0.717) is 23.4 Å². The normalized spacial score (nSPS) is 13.3. The Kier molecular flexibility index (Phi) is 5.10. The van der Waals surface area contributed by atoms with Gasteiger partial charge < -0.3 is 15.8 Å². The summed E-state index contributed by atoms with van der Waals surface area (Å²) in [6.45, 7) is 2.02. The van der Waals surface area contributed by atoms with Crippen molar-refractivity contribution >= 4 is 17.0 Å². The van der Waals surface area contributed by atoms with Gasteiger partial charge in [0, 0.05) is 60.1 Å². The quantitative estimate of drug-likeness (QED) is 0.368. The lowest BCUT2D eigenvalue weighted by atomic mass is 9.86. The minimum atomic E-state index is -1.31. The Bertz CT molecular complexity index is 1430. The summed E-state index contributed by atoms with van der Waals surface area (Å²) in [5, 5.41) is 16.8. The molecule has 0 aliphatic heterocycles. The zero-order chi connectivity index (χ0) is 23.0. The van der Waals surface area contributed by atoms with E-state index in [2.05, 4.69) is 30.0 Å². The van der Waals surface area contributed by atoms with Crippen molar-refractivity contribution in [2.24, 2.45) is 7.05 Å². The maximum absolute atomic E-state index is 11.7. The predicted octanol–water partition coefficient (Wildman–Crippen LogP) is 3.43. The first-order valence-electron chi connectivity index (χ1n) is 10.7. The second-order valence-electron chi connectivity index (χ2n) is 8.07. The third-order valence-corrected chi connectivity index (χ3v) is 5.78. The summed E-state index contributed by atoms with van der Waals surface area (Å²) in [6, 6.07) is 7.43. The van der Waals surface area contributed by atoms with Gasteiger partial charge in [-0.05, 0) is 36.2 Å². The zero-order valence-electron chi connectivity index (χ0n) is 18.4. The number of nitrogens with two attached hydrogens (primary N) is 1. The number of aromatic amines is 1.